The molecule has 0 radical (unpaired) electrons. The Morgan fingerprint density at radius 1 is 0.372 bits per heavy atom. The second-order valence-electron chi connectivity index (χ2n) is 19.7. The van der Waals surface area contributed by atoms with Crippen molar-refractivity contribution in [1.82, 2.24) is 0 Å². The van der Waals surface area contributed by atoms with E-state index < -0.39 is 57.8 Å². The number of ether oxygens (including phenoxy) is 3. The second kappa shape index (κ2) is 59.0. The molecule has 0 spiro atoms. The molecule has 0 aliphatic heterocycles. The Kier molecular flexibility index (Phi) is 55.9. The molecule has 3 atom stereocenters. The van der Waals surface area contributed by atoms with Crippen molar-refractivity contribution in [2.45, 2.75) is 251 Å². The van der Waals surface area contributed by atoms with Gasteiger partial charge < -0.3 is 24.2 Å². The van der Waals surface area contributed by atoms with Gasteiger partial charge in [0.05, 0.1) is 19.8 Å². The number of unbranched alkanes of at least 4 members (excludes halogenated alkanes) is 18. The summed E-state index contributed by atoms with van der Waals surface area (Å²) in [4.78, 5) is 48.7. The first kappa shape index (κ1) is 73.9. The van der Waals surface area contributed by atoms with Crippen molar-refractivity contribution in [3.8, 4) is 0 Å². The lowest BCUT2D eigenvalue weighted by Gasteiger charge is -2.21. The number of aliphatic hydroxyl groups excluding tert-OH is 1. The summed E-state index contributed by atoms with van der Waals surface area (Å²) in [6.45, 7) is 4.31. The molecule has 0 aromatic carbocycles. The lowest BCUT2D eigenvalue weighted by Crippen LogP contribution is -2.30. The number of hydrogen-bond acceptors (Lipinski definition) is 10. The molecular formula is C66H109O11P. The number of carbonyl (C=O) groups excluding carboxylic acids is 3. The van der Waals surface area contributed by atoms with E-state index in [0.29, 0.717) is 19.3 Å². The zero-order valence-corrected chi connectivity index (χ0v) is 50.0. The monoisotopic (exact) mass is 1110 g/mol. The summed E-state index contributed by atoms with van der Waals surface area (Å²) in [6, 6.07) is 0. The average molecular weight is 1110 g/mol. The summed E-state index contributed by atoms with van der Waals surface area (Å²) in [5.74, 6) is -1.55. The molecule has 0 saturated heterocycles. The average Bonchev–Trinajstić information content (AvgIpc) is 3.43. The van der Waals surface area contributed by atoms with E-state index >= 15 is 0 Å². The Morgan fingerprint density at radius 2 is 0.667 bits per heavy atom. The van der Waals surface area contributed by atoms with E-state index in [0.717, 1.165) is 122 Å². The number of carbonyl (C=O) groups is 3. The van der Waals surface area contributed by atoms with Crippen LogP contribution >= 0.6 is 7.82 Å². The summed E-state index contributed by atoms with van der Waals surface area (Å²) in [6.07, 6.45) is 73.0. The number of rotatable bonds is 55. The van der Waals surface area contributed by atoms with Gasteiger partial charge in [-0.25, -0.2) is 4.57 Å². The molecule has 0 fully saturated rings. The fourth-order valence-corrected chi connectivity index (χ4v) is 8.56. The predicted molar refractivity (Wildman–Crippen MR) is 325 cm³/mol. The molecule has 78 heavy (non-hydrogen) atoms. The highest BCUT2D eigenvalue weighted by atomic mass is 31.2. The molecule has 0 aromatic heterocycles. The lowest BCUT2D eigenvalue weighted by atomic mass is 10.1. The van der Waals surface area contributed by atoms with E-state index in [1.165, 1.54) is 57.8 Å². The number of phosphoric acid groups is 1. The maximum Gasteiger partial charge on any atom is 0.472 e. The minimum absolute atomic E-state index is 0.117. The normalized spacial score (nSPS) is 14.2. The van der Waals surface area contributed by atoms with E-state index in [1.54, 1.807) is 0 Å². The van der Waals surface area contributed by atoms with Gasteiger partial charge in [0.25, 0.3) is 0 Å². The maximum absolute atomic E-state index is 12.9. The van der Waals surface area contributed by atoms with Crippen LogP contribution in [0.4, 0.5) is 0 Å². The second-order valence-corrected chi connectivity index (χ2v) is 21.2. The van der Waals surface area contributed by atoms with Crippen LogP contribution in [0.25, 0.3) is 0 Å². The van der Waals surface area contributed by atoms with Crippen LogP contribution in [0, 0.1) is 0 Å². The van der Waals surface area contributed by atoms with Gasteiger partial charge in [-0.05, 0) is 128 Å². The zero-order chi connectivity index (χ0) is 56.9. The molecule has 0 aliphatic rings. The number of allylic oxidation sites excluding steroid dienone is 20. The largest absolute Gasteiger partial charge is 0.472 e. The van der Waals surface area contributed by atoms with Crippen LogP contribution in [-0.2, 0) is 42.2 Å². The summed E-state index contributed by atoms with van der Waals surface area (Å²) in [5, 5.41) is 9.82. The third-order valence-electron chi connectivity index (χ3n) is 12.3. The van der Waals surface area contributed by atoms with E-state index in [2.05, 4.69) is 142 Å². The Hall–Kier alpha value is -4.12. The molecule has 0 saturated carbocycles. The Balaban J connectivity index is 4.81. The molecule has 0 bridgehead atoms. The third-order valence-corrected chi connectivity index (χ3v) is 13.3. The highest BCUT2D eigenvalue weighted by Gasteiger charge is 2.28. The number of esters is 3. The van der Waals surface area contributed by atoms with E-state index in [4.69, 9.17) is 23.3 Å². The van der Waals surface area contributed by atoms with Gasteiger partial charge in [0, 0.05) is 19.3 Å². The lowest BCUT2D eigenvalue weighted by molar-refractivity contribution is -0.161. The number of aliphatic hydroxyl groups is 1. The van der Waals surface area contributed by atoms with Crippen molar-refractivity contribution < 1.29 is 52.2 Å². The Labute approximate surface area is 475 Å². The molecule has 0 rings (SSSR count). The van der Waals surface area contributed by atoms with Crippen LogP contribution < -0.4 is 0 Å². The van der Waals surface area contributed by atoms with E-state index in [9.17, 15) is 28.9 Å². The molecule has 2 N–H and O–H groups in total. The van der Waals surface area contributed by atoms with Crippen molar-refractivity contribution in [1.29, 1.82) is 0 Å². The molecule has 0 aliphatic carbocycles. The molecule has 0 amide bonds. The molecule has 0 heterocycles. The van der Waals surface area contributed by atoms with Crippen molar-refractivity contribution in [2.24, 2.45) is 0 Å². The molecule has 12 heteroatoms. The van der Waals surface area contributed by atoms with Gasteiger partial charge in [0.1, 0.15) is 12.7 Å². The quantitative estimate of drug-likeness (QED) is 0.0197. The third kappa shape index (κ3) is 56.6. The number of hydrogen-bond donors (Lipinski definition) is 2. The topological polar surface area (TPSA) is 155 Å². The van der Waals surface area contributed by atoms with Crippen LogP contribution in [0.2, 0.25) is 0 Å². The predicted octanol–water partition coefficient (Wildman–Crippen LogP) is 18.4. The van der Waals surface area contributed by atoms with Crippen molar-refractivity contribution in [2.75, 3.05) is 26.4 Å². The summed E-state index contributed by atoms with van der Waals surface area (Å²) >= 11 is 0. The van der Waals surface area contributed by atoms with Gasteiger partial charge in [0.15, 0.2) is 6.10 Å². The summed E-state index contributed by atoms with van der Waals surface area (Å²) < 4.78 is 39.5. The van der Waals surface area contributed by atoms with Crippen LogP contribution in [-0.4, -0.2) is 66.5 Å². The van der Waals surface area contributed by atoms with Crippen LogP contribution in [0.1, 0.15) is 239 Å². The fourth-order valence-electron chi connectivity index (χ4n) is 7.78. The van der Waals surface area contributed by atoms with Gasteiger partial charge >= 0.3 is 25.7 Å². The zero-order valence-electron chi connectivity index (χ0n) is 49.1. The van der Waals surface area contributed by atoms with Crippen LogP contribution in [0.5, 0.6) is 0 Å². The first-order valence-electron chi connectivity index (χ1n) is 30.4. The number of phosphoric ester groups is 1. The first-order valence-corrected chi connectivity index (χ1v) is 31.9. The molecule has 3 unspecified atom stereocenters. The van der Waals surface area contributed by atoms with Crippen LogP contribution in [0.3, 0.4) is 0 Å². The Bertz CT molecular complexity index is 1770. The van der Waals surface area contributed by atoms with Gasteiger partial charge in [-0.2, -0.15) is 0 Å². The smallest absolute Gasteiger partial charge is 0.462 e. The SMILES string of the molecule is CC/C=C\C/C=C\C/C=C\C/C=C\CCCCCCC(=O)OC(COC(=O)CCCCCCCCCCC/C=C\C/C=C\CCCCC)COP(=O)(O)OCC(CO)OC(=O)CCCC/C=C\C/C=C\C/C=C\C/C=C\CC. The molecule has 11 nitrogen and oxygen atoms in total. The van der Waals surface area contributed by atoms with Gasteiger partial charge in [-0.15, -0.1) is 0 Å². The minimum atomic E-state index is -4.78. The molecule has 444 valence electrons. The Morgan fingerprint density at radius 3 is 1.05 bits per heavy atom. The van der Waals surface area contributed by atoms with Crippen molar-refractivity contribution in [3.05, 3.63) is 122 Å². The van der Waals surface area contributed by atoms with Gasteiger partial charge in [0.2, 0.25) is 0 Å². The summed E-state index contributed by atoms with van der Waals surface area (Å²) in [5.41, 5.74) is 0. The first-order chi connectivity index (χ1) is 38.2. The van der Waals surface area contributed by atoms with E-state index in [-0.39, 0.29) is 25.9 Å². The molecule has 0 aromatic rings. The maximum atomic E-state index is 12.9. The standard InChI is InChI=1S/C66H109O11P/c1-4-7-10-13-16-19-22-25-28-30-31-33-35-37-40-43-46-49-52-55-64(68)73-59-63(77-66(70)57-54-51-48-45-42-39-36-32-29-26-23-20-17-14-11-8-5-2)61-75-78(71,72)74-60-62(58-67)76-65(69)56-53-50-47-44-41-38-34-27-24-21-18-15-12-9-6-3/h8-9,11-12,16-21,25-29,34,36,39,41,44,62-63,67H,4-7,10,13-15,22-24,30-33,35,37-38,40,42-43,45-61H2,1-3H3,(H,71,72)/b11-8-,12-9-,19-16-,20-17-,21-18-,28-25-,29-26-,34-27-,39-36-,44-41-. The van der Waals surface area contributed by atoms with Crippen LogP contribution in [0.15, 0.2) is 122 Å². The minimum Gasteiger partial charge on any atom is -0.462 e. The van der Waals surface area contributed by atoms with E-state index in [1.807, 2.05) is 0 Å². The van der Waals surface area contributed by atoms with Crippen molar-refractivity contribution in [3.63, 3.8) is 0 Å². The van der Waals surface area contributed by atoms with Crippen molar-refractivity contribution >= 4 is 25.7 Å². The summed E-state index contributed by atoms with van der Waals surface area (Å²) in [7, 11) is -4.78. The highest BCUT2D eigenvalue weighted by molar-refractivity contribution is 7.47. The highest BCUT2D eigenvalue weighted by Crippen LogP contribution is 2.43. The molecular weight excluding hydrogens is 1000 g/mol. The fraction of sp³-hybridized carbons (Fsp3) is 0.652. The van der Waals surface area contributed by atoms with Gasteiger partial charge in [-0.3, -0.25) is 23.4 Å². The van der Waals surface area contributed by atoms with Gasteiger partial charge in [-0.1, -0.05) is 213 Å².